The summed E-state index contributed by atoms with van der Waals surface area (Å²) in [6, 6.07) is 0.398. The molecule has 1 aliphatic rings. The second-order valence-corrected chi connectivity index (χ2v) is 3.33. The molecule has 0 aromatic rings. The maximum atomic E-state index is 11.2. The van der Waals surface area contributed by atoms with Crippen LogP contribution in [-0.2, 0) is 4.79 Å². The molecule has 1 fully saturated rings. The molecule has 0 spiro atoms. The van der Waals surface area contributed by atoms with Gasteiger partial charge in [0, 0.05) is 12.6 Å². The third kappa shape index (κ3) is 2.09. The first-order valence-electron chi connectivity index (χ1n) is 4.11. The Morgan fingerprint density at radius 2 is 2.36 bits per heavy atom. The number of alkyl halides is 1. The number of hydrogen-bond donors (Lipinski definition) is 0. The normalized spacial score (nSPS) is 25.3. The Hall–Kier alpha value is -0.240. The lowest BCUT2D eigenvalue weighted by Crippen LogP contribution is -2.42. The van der Waals surface area contributed by atoms with Gasteiger partial charge in [0.05, 0.1) is 0 Å². The molecule has 1 amide bonds. The zero-order valence-electron chi connectivity index (χ0n) is 6.85. The van der Waals surface area contributed by atoms with Gasteiger partial charge in [-0.2, -0.15) is 0 Å². The second-order valence-electron chi connectivity index (χ2n) is 3.07. The van der Waals surface area contributed by atoms with Crippen LogP contribution in [0.4, 0.5) is 0 Å². The first-order valence-corrected chi connectivity index (χ1v) is 4.64. The maximum absolute atomic E-state index is 11.2. The summed E-state index contributed by atoms with van der Waals surface area (Å²) in [5.74, 6) is 0.212. The Kier molecular flexibility index (Phi) is 3.18. The fourth-order valence-corrected chi connectivity index (χ4v) is 1.70. The van der Waals surface area contributed by atoms with E-state index in [1.807, 2.05) is 4.90 Å². The van der Waals surface area contributed by atoms with E-state index in [2.05, 4.69) is 6.92 Å². The van der Waals surface area contributed by atoms with E-state index >= 15 is 0 Å². The van der Waals surface area contributed by atoms with Crippen molar-refractivity contribution in [2.45, 2.75) is 32.2 Å². The second kappa shape index (κ2) is 3.96. The van der Waals surface area contributed by atoms with E-state index in [4.69, 9.17) is 11.6 Å². The Bertz CT molecular complexity index is 149. The average Bonchev–Trinajstić information content (AvgIpc) is 2.04. The third-order valence-corrected chi connectivity index (χ3v) is 2.47. The van der Waals surface area contributed by atoms with E-state index in [0.717, 1.165) is 19.4 Å². The zero-order valence-corrected chi connectivity index (χ0v) is 7.60. The largest absolute Gasteiger partial charge is 0.339 e. The number of amides is 1. The Labute approximate surface area is 72.5 Å². The van der Waals surface area contributed by atoms with Gasteiger partial charge >= 0.3 is 0 Å². The molecule has 2 nitrogen and oxygen atoms in total. The summed E-state index contributed by atoms with van der Waals surface area (Å²) in [6.07, 6.45) is 3.50. The lowest BCUT2D eigenvalue weighted by atomic mass is 10.0. The van der Waals surface area contributed by atoms with Crippen molar-refractivity contribution in [2.75, 3.05) is 12.4 Å². The van der Waals surface area contributed by atoms with Gasteiger partial charge in [-0.25, -0.2) is 0 Å². The lowest BCUT2D eigenvalue weighted by molar-refractivity contribution is -0.131. The van der Waals surface area contributed by atoms with Crippen molar-refractivity contribution in [3.63, 3.8) is 0 Å². The number of carbonyl (C=O) groups excluding carboxylic acids is 1. The van der Waals surface area contributed by atoms with E-state index < -0.39 is 0 Å². The molecule has 1 aliphatic heterocycles. The fourth-order valence-electron chi connectivity index (χ4n) is 1.55. The highest BCUT2D eigenvalue weighted by Gasteiger charge is 2.21. The van der Waals surface area contributed by atoms with Crippen molar-refractivity contribution in [1.82, 2.24) is 4.90 Å². The van der Waals surface area contributed by atoms with E-state index in [-0.39, 0.29) is 11.8 Å². The number of rotatable bonds is 1. The summed E-state index contributed by atoms with van der Waals surface area (Å²) in [6.45, 7) is 2.98. The van der Waals surface area contributed by atoms with Crippen LogP contribution < -0.4 is 0 Å². The van der Waals surface area contributed by atoms with Gasteiger partial charge in [0.2, 0.25) is 5.91 Å². The molecule has 64 valence electrons. The molecule has 0 unspecified atom stereocenters. The Morgan fingerprint density at radius 1 is 1.64 bits per heavy atom. The molecule has 0 radical (unpaired) electrons. The molecule has 1 rings (SSSR count). The van der Waals surface area contributed by atoms with Gasteiger partial charge in [-0.1, -0.05) is 0 Å². The van der Waals surface area contributed by atoms with Crippen molar-refractivity contribution < 1.29 is 4.79 Å². The molecule has 0 aromatic heterocycles. The predicted octanol–water partition coefficient (Wildman–Crippen LogP) is 1.63. The van der Waals surface area contributed by atoms with Crippen LogP contribution in [0.25, 0.3) is 0 Å². The van der Waals surface area contributed by atoms with Gasteiger partial charge in [-0.05, 0) is 26.2 Å². The van der Waals surface area contributed by atoms with E-state index in [9.17, 15) is 4.79 Å². The Balaban J connectivity index is 2.47. The zero-order chi connectivity index (χ0) is 8.27. The van der Waals surface area contributed by atoms with Gasteiger partial charge in [0.1, 0.15) is 5.88 Å². The minimum absolute atomic E-state index is 0.0823. The van der Waals surface area contributed by atoms with Gasteiger partial charge in [0.25, 0.3) is 0 Å². The van der Waals surface area contributed by atoms with Gasteiger partial charge in [0.15, 0.2) is 0 Å². The summed E-state index contributed by atoms with van der Waals surface area (Å²) in [7, 11) is 0. The standard InChI is InChI=1S/C8H14ClNO/c1-7-4-2-3-5-10(7)8(11)6-9/h7H,2-6H2,1H3/t7-/m1/s1. The van der Waals surface area contributed by atoms with Crippen LogP contribution in [0.3, 0.4) is 0 Å². The first kappa shape index (κ1) is 8.85. The highest BCUT2D eigenvalue weighted by Crippen LogP contribution is 2.16. The van der Waals surface area contributed by atoms with Crippen LogP contribution in [0.5, 0.6) is 0 Å². The molecule has 1 atom stereocenters. The smallest absolute Gasteiger partial charge is 0.237 e. The lowest BCUT2D eigenvalue weighted by Gasteiger charge is -2.32. The van der Waals surface area contributed by atoms with Crippen molar-refractivity contribution in [3.05, 3.63) is 0 Å². The first-order chi connectivity index (χ1) is 5.25. The molecule has 1 heterocycles. The maximum Gasteiger partial charge on any atom is 0.237 e. The number of likely N-dealkylation sites (tertiary alicyclic amines) is 1. The SMILES string of the molecule is C[C@@H]1CCCCN1C(=O)CCl. The van der Waals surface area contributed by atoms with Crippen LogP contribution in [0.2, 0.25) is 0 Å². The molecule has 11 heavy (non-hydrogen) atoms. The minimum atomic E-state index is 0.0823. The molecule has 0 saturated carbocycles. The fraction of sp³-hybridized carbons (Fsp3) is 0.875. The number of carbonyl (C=O) groups is 1. The van der Waals surface area contributed by atoms with Crippen LogP contribution in [0.15, 0.2) is 0 Å². The highest BCUT2D eigenvalue weighted by atomic mass is 35.5. The van der Waals surface area contributed by atoms with Crippen LogP contribution in [0.1, 0.15) is 26.2 Å². The molecular formula is C8H14ClNO. The van der Waals surface area contributed by atoms with E-state index in [1.165, 1.54) is 6.42 Å². The Morgan fingerprint density at radius 3 is 2.91 bits per heavy atom. The van der Waals surface area contributed by atoms with Crippen molar-refractivity contribution in [3.8, 4) is 0 Å². The third-order valence-electron chi connectivity index (χ3n) is 2.24. The van der Waals surface area contributed by atoms with Crippen molar-refractivity contribution in [2.24, 2.45) is 0 Å². The summed E-state index contributed by atoms with van der Waals surface area (Å²) >= 11 is 5.46. The number of halogens is 1. The number of piperidine rings is 1. The van der Waals surface area contributed by atoms with Gasteiger partial charge in [-0.3, -0.25) is 4.79 Å². The quantitative estimate of drug-likeness (QED) is 0.555. The monoisotopic (exact) mass is 175 g/mol. The molecule has 3 heteroatoms. The van der Waals surface area contributed by atoms with Crippen molar-refractivity contribution >= 4 is 17.5 Å². The average molecular weight is 176 g/mol. The minimum Gasteiger partial charge on any atom is -0.339 e. The van der Waals surface area contributed by atoms with Crippen LogP contribution in [-0.4, -0.2) is 29.3 Å². The summed E-state index contributed by atoms with van der Waals surface area (Å²) < 4.78 is 0. The van der Waals surface area contributed by atoms with E-state index in [1.54, 1.807) is 0 Å². The number of hydrogen-bond acceptors (Lipinski definition) is 1. The van der Waals surface area contributed by atoms with Crippen LogP contribution >= 0.6 is 11.6 Å². The summed E-state index contributed by atoms with van der Waals surface area (Å²) in [5.41, 5.74) is 0. The molecule has 0 bridgehead atoms. The van der Waals surface area contributed by atoms with Crippen LogP contribution in [0, 0.1) is 0 Å². The molecule has 0 aromatic carbocycles. The van der Waals surface area contributed by atoms with Gasteiger partial charge < -0.3 is 4.90 Å². The molecule has 0 N–H and O–H groups in total. The highest BCUT2D eigenvalue weighted by molar-refractivity contribution is 6.27. The van der Waals surface area contributed by atoms with Gasteiger partial charge in [-0.15, -0.1) is 11.6 Å². The molecular weight excluding hydrogens is 162 g/mol. The topological polar surface area (TPSA) is 20.3 Å². The summed E-state index contributed by atoms with van der Waals surface area (Å²) in [5, 5.41) is 0. The van der Waals surface area contributed by atoms with Crippen molar-refractivity contribution in [1.29, 1.82) is 0 Å². The summed E-state index contributed by atoms with van der Waals surface area (Å²) in [4.78, 5) is 13.1. The van der Waals surface area contributed by atoms with E-state index in [0.29, 0.717) is 6.04 Å². The molecule has 1 saturated heterocycles. The number of nitrogens with zero attached hydrogens (tertiary/aromatic N) is 1. The molecule has 0 aliphatic carbocycles. The predicted molar refractivity (Wildman–Crippen MR) is 45.7 cm³/mol.